The molecule has 0 aromatic carbocycles. The number of nitrogens with one attached hydrogen (secondary N) is 1. The summed E-state index contributed by atoms with van der Waals surface area (Å²) in [6.45, 7) is 4.85. The Balaban J connectivity index is 1.40. The number of aromatic nitrogens is 1. The van der Waals surface area contributed by atoms with Gasteiger partial charge in [-0.25, -0.2) is 4.98 Å². The number of carbonyl (C=O) groups is 1. The fourth-order valence-corrected chi connectivity index (χ4v) is 3.24. The second-order valence-electron chi connectivity index (χ2n) is 5.38. The van der Waals surface area contributed by atoms with Gasteiger partial charge in [0, 0.05) is 39.3 Å². The van der Waals surface area contributed by atoms with E-state index in [4.69, 9.17) is 0 Å². The summed E-state index contributed by atoms with van der Waals surface area (Å²) in [4.78, 5) is 20.9. The smallest absolute Gasteiger partial charge is 0.261 e. The van der Waals surface area contributed by atoms with Gasteiger partial charge in [0.1, 0.15) is 5.82 Å². The molecule has 1 aliphatic heterocycles. The van der Waals surface area contributed by atoms with Crippen molar-refractivity contribution in [2.75, 3.05) is 44.2 Å². The molecule has 0 atom stereocenters. The Labute approximate surface area is 138 Å². The molecule has 1 saturated heterocycles. The molecule has 1 amide bonds. The van der Waals surface area contributed by atoms with Gasteiger partial charge in [-0.05, 0) is 23.6 Å². The van der Waals surface area contributed by atoms with E-state index < -0.39 is 5.95 Å². The third kappa shape index (κ3) is 4.27. The quantitative estimate of drug-likeness (QED) is 0.848. The molecule has 1 fully saturated rings. The molecule has 5 nitrogen and oxygen atoms in total. The first-order valence-corrected chi connectivity index (χ1v) is 8.52. The normalized spacial score (nSPS) is 15.6. The van der Waals surface area contributed by atoms with Gasteiger partial charge in [0.15, 0.2) is 0 Å². The first-order chi connectivity index (χ1) is 11.2. The van der Waals surface area contributed by atoms with Gasteiger partial charge in [0.25, 0.3) is 5.91 Å². The zero-order valence-corrected chi connectivity index (χ0v) is 13.6. The van der Waals surface area contributed by atoms with Gasteiger partial charge in [-0.1, -0.05) is 12.1 Å². The van der Waals surface area contributed by atoms with Crippen molar-refractivity contribution >= 4 is 23.1 Å². The summed E-state index contributed by atoms with van der Waals surface area (Å²) in [5.41, 5.74) is 0. The van der Waals surface area contributed by atoms with Crippen LogP contribution in [0.25, 0.3) is 0 Å². The summed E-state index contributed by atoms with van der Waals surface area (Å²) in [7, 11) is 0. The van der Waals surface area contributed by atoms with Crippen molar-refractivity contribution in [1.82, 2.24) is 15.2 Å². The molecule has 0 radical (unpaired) electrons. The number of thiophene rings is 1. The number of pyridine rings is 1. The zero-order chi connectivity index (χ0) is 16.1. The fraction of sp³-hybridized carbons (Fsp3) is 0.375. The largest absolute Gasteiger partial charge is 0.354 e. The number of anilines is 1. The summed E-state index contributed by atoms with van der Waals surface area (Å²) in [5, 5.41) is 4.83. The standard InChI is InChI=1S/C16H19FN4OS/c17-14-4-1-5-15(19-14)21-10-8-20(9-11-21)7-6-18-16(22)13-3-2-12-23-13/h1-5,12H,6-11H2,(H,18,22). The Bertz CT molecular complexity index is 641. The van der Waals surface area contributed by atoms with Crippen LogP contribution in [-0.4, -0.2) is 55.1 Å². The molecule has 3 heterocycles. The lowest BCUT2D eigenvalue weighted by atomic mass is 10.3. The summed E-state index contributed by atoms with van der Waals surface area (Å²) in [6, 6.07) is 8.57. The molecule has 2 aromatic rings. The number of hydrogen-bond acceptors (Lipinski definition) is 5. The number of rotatable bonds is 5. The molecule has 1 N–H and O–H groups in total. The lowest BCUT2D eigenvalue weighted by Gasteiger charge is -2.35. The van der Waals surface area contributed by atoms with E-state index in [0.29, 0.717) is 12.4 Å². The van der Waals surface area contributed by atoms with Crippen LogP contribution < -0.4 is 10.2 Å². The molecule has 1 aliphatic rings. The van der Waals surface area contributed by atoms with Gasteiger partial charge in [0.2, 0.25) is 5.95 Å². The Hall–Kier alpha value is -1.99. The van der Waals surface area contributed by atoms with Crippen LogP contribution in [0, 0.1) is 5.95 Å². The summed E-state index contributed by atoms with van der Waals surface area (Å²) in [5.74, 6) is 0.236. The van der Waals surface area contributed by atoms with E-state index in [9.17, 15) is 9.18 Å². The molecule has 23 heavy (non-hydrogen) atoms. The van der Waals surface area contributed by atoms with Gasteiger partial charge in [0.05, 0.1) is 4.88 Å². The first kappa shape index (κ1) is 15.9. The fourth-order valence-electron chi connectivity index (χ4n) is 2.60. The Morgan fingerprint density at radius 1 is 1.22 bits per heavy atom. The van der Waals surface area contributed by atoms with Crippen molar-refractivity contribution in [3.8, 4) is 0 Å². The van der Waals surface area contributed by atoms with E-state index in [-0.39, 0.29) is 5.91 Å². The summed E-state index contributed by atoms with van der Waals surface area (Å²) in [6.07, 6.45) is 0. The molecule has 3 rings (SSSR count). The molecule has 7 heteroatoms. The topological polar surface area (TPSA) is 48.5 Å². The number of carbonyl (C=O) groups excluding carboxylic acids is 1. The third-order valence-corrected chi connectivity index (χ3v) is 4.72. The molecular weight excluding hydrogens is 315 g/mol. The Morgan fingerprint density at radius 3 is 2.74 bits per heavy atom. The van der Waals surface area contributed by atoms with Crippen LogP contribution in [0.15, 0.2) is 35.7 Å². The van der Waals surface area contributed by atoms with E-state index in [1.54, 1.807) is 6.07 Å². The van der Waals surface area contributed by atoms with Gasteiger partial charge in [-0.2, -0.15) is 4.39 Å². The van der Waals surface area contributed by atoms with Gasteiger partial charge >= 0.3 is 0 Å². The Morgan fingerprint density at radius 2 is 2.04 bits per heavy atom. The average Bonchev–Trinajstić information content (AvgIpc) is 3.10. The van der Waals surface area contributed by atoms with Crippen LogP contribution >= 0.6 is 11.3 Å². The number of nitrogens with zero attached hydrogens (tertiary/aromatic N) is 3. The van der Waals surface area contributed by atoms with Crippen molar-refractivity contribution in [3.63, 3.8) is 0 Å². The van der Waals surface area contributed by atoms with Crippen LogP contribution in [0.4, 0.5) is 10.2 Å². The lowest BCUT2D eigenvalue weighted by molar-refractivity contribution is 0.0952. The van der Waals surface area contributed by atoms with Crippen molar-refractivity contribution < 1.29 is 9.18 Å². The second-order valence-corrected chi connectivity index (χ2v) is 6.33. The third-order valence-electron chi connectivity index (χ3n) is 3.86. The molecule has 122 valence electrons. The van der Waals surface area contributed by atoms with E-state index >= 15 is 0 Å². The number of hydrogen-bond donors (Lipinski definition) is 1. The van der Waals surface area contributed by atoms with Gasteiger partial charge < -0.3 is 10.2 Å². The highest BCUT2D eigenvalue weighted by molar-refractivity contribution is 7.12. The van der Waals surface area contributed by atoms with E-state index in [1.807, 2.05) is 23.6 Å². The van der Waals surface area contributed by atoms with Crippen LogP contribution in [0.1, 0.15) is 9.67 Å². The first-order valence-electron chi connectivity index (χ1n) is 7.64. The average molecular weight is 334 g/mol. The molecule has 0 saturated carbocycles. The maximum Gasteiger partial charge on any atom is 0.261 e. The van der Waals surface area contributed by atoms with Crippen molar-refractivity contribution in [1.29, 1.82) is 0 Å². The second kappa shape index (κ2) is 7.52. The van der Waals surface area contributed by atoms with Crippen LogP contribution in [-0.2, 0) is 0 Å². The van der Waals surface area contributed by atoms with Crippen LogP contribution in [0.5, 0.6) is 0 Å². The van der Waals surface area contributed by atoms with Gasteiger partial charge in [-0.3, -0.25) is 9.69 Å². The number of halogens is 1. The molecule has 2 aromatic heterocycles. The van der Waals surface area contributed by atoms with Gasteiger partial charge in [-0.15, -0.1) is 11.3 Å². The molecular formula is C16H19FN4OS. The van der Waals surface area contributed by atoms with Crippen LogP contribution in [0.3, 0.4) is 0 Å². The highest BCUT2D eigenvalue weighted by atomic mass is 32.1. The minimum Gasteiger partial charge on any atom is -0.354 e. The lowest BCUT2D eigenvalue weighted by Crippen LogP contribution is -2.48. The summed E-state index contributed by atoms with van der Waals surface area (Å²) >= 11 is 1.45. The van der Waals surface area contributed by atoms with Crippen molar-refractivity contribution in [2.24, 2.45) is 0 Å². The zero-order valence-electron chi connectivity index (χ0n) is 12.7. The summed E-state index contributed by atoms with van der Waals surface area (Å²) < 4.78 is 13.2. The highest BCUT2D eigenvalue weighted by Gasteiger charge is 2.18. The van der Waals surface area contributed by atoms with E-state index in [2.05, 4.69) is 20.1 Å². The van der Waals surface area contributed by atoms with E-state index in [0.717, 1.165) is 37.6 Å². The minimum atomic E-state index is -0.443. The number of amides is 1. The van der Waals surface area contributed by atoms with E-state index in [1.165, 1.54) is 17.4 Å². The molecule has 0 spiro atoms. The number of piperazine rings is 1. The highest BCUT2D eigenvalue weighted by Crippen LogP contribution is 2.13. The maximum absolute atomic E-state index is 13.2. The Kier molecular flexibility index (Phi) is 5.19. The molecule has 0 aliphatic carbocycles. The van der Waals surface area contributed by atoms with Crippen molar-refractivity contribution in [3.05, 3.63) is 46.5 Å². The monoisotopic (exact) mass is 334 g/mol. The van der Waals surface area contributed by atoms with Crippen LogP contribution in [0.2, 0.25) is 0 Å². The van der Waals surface area contributed by atoms with Crippen molar-refractivity contribution in [2.45, 2.75) is 0 Å². The molecule has 0 unspecified atom stereocenters. The minimum absolute atomic E-state index is 0.0115. The molecule has 0 bridgehead atoms. The SMILES string of the molecule is O=C(NCCN1CCN(c2cccc(F)n2)CC1)c1cccs1. The predicted molar refractivity (Wildman–Crippen MR) is 89.5 cm³/mol. The maximum atomic E-state index is 13.2. The predicted octanol–water partition coefficient (Wildman–Crippen LogP) is 1.83.